The average Bonchev–Trinajstić information content (AvgIpc) is 2.56. The first-order valence-corrected chi connectivity index (χ1v) is 8.20. The Morgan fingerprint density at radius 3 is 2.32 bits per heavy atom. The van der Waals surface area contributed by atoms with Crippen molar-refractivity contribution in [1.29, 1.82) is 0 Å². The fourth-order valence-corrected chi connectivity index (χ4v) is 2.70. The molecule has 0 bridgehead atoms. The predicted octanol–water partition coefficient (Wildman–Crippen LogP) is 1.51. The van der Waals surface area contributed by atoms with Gasteiger partial charge in [0.15, 0.2) is 0 Å². The van der Waals surface area contributed by atoms with Crippen LogP contribution in [-0.2, 0) is 13.0 Å². The van der Waals surface area contributed by atoms with Gasteiger partial charge >= 0.3 is 6.03 Å². The van der Waals surface area contributed by atoms with Crippen LogP contribution in [0.15, 0.2) is 24.3 Å². The molecule has 22 heavy (non-hydrogen) atoms. The molecule has 1 fully saturated rings. The highest BCUT2D eigenvalue weighted by Gasteiger charge is 2.09. The van der Waals surface area contributed by atoms with Crippen LogP contribution in [0.25, 0.3) is 0 Å². The number of rotatable bonds is 7. The lowest BCUT2D eigenvalue weighted by Crippen LogP contribution is -2.42. The molecule has 0 radical (unpaired) electrons. The molecule has 2 rings (SSSR count). The molecule has 2 amide bonds. The van der Waals surface area contributed by atoms with E-state index in [1.807, 2.05) is 24.3 Å². The van der Waals surface area contributed by atoms with Gasteiger partial charge < -0.3 is 20.6 Å². The molecular weight excluding hydrogens is 278 g/mol. The lowest BCUT2D eigenvalue weighted by atomic mass is 10.1. The Bertz CT molecular complexity index is 442. The zero-order chi connectivity index (χ0) is 15.6. The summed E-state index contributed by atoms with van der Waals surface area (Å²) in [7, 11) is 0. The van der Waals surface area contributed by atoms with Crippen molar-refractivity contribution < 1.29 is 9.90 Å². The number of amides is 2. The number of carbonyl (C=O) groups excluding carboxylic acids is 1. The maximum absolute atomic E-state index is 11.7. The Kier molecular flexibility index (Phi) is 7.19. The number of hydrogen-bond acceptors (Lipinski definition) is 3. The SMILES string of the molecule is O=C(NCCc1ccc(CO)cc1)NCCN1CCCCC1. The first kappa shape index (κ1) is 16.8. The molecule has 1 aliphatic rings. The van der Waals surface area contributed by atoms with Crippen LogP contribution in [0.3, 0.4) is 0 Å². The van der Waals surface area contributed by atoms with Crippen molar-refractivity contribution in [3.05, 3.63) is 35.4 Å². The quantitative estimate of drug-likeness (QED) is 0.715. The van der Waals surface area contributed by atoms with Gasteiger partial charge in [0, 0.05) is 19.6 Å². The first-order chi connectivity index (χ1) is 10.8. The first-order valence-electron chi connectivity index (χ1n) is 8.20. The monoisotopic (exact) mass is 305 g/mol. The van der Waals surface area contributed by atoms with E-state index in [9.17, 15) is 4.79 Å². The second-order valence-corrected chi connectivity index (χ2v) is 5.81. The van der Waals surface area contributed by atoms with E-state index in [1.165, 1.54) is 19.3 Å². The lowest BCUT2D eigenvalue weighted by Gasteiger charge is -2.26. The van der Waals surface area contributed by atoms with Gasteiger partial charge in [0.2, 0.25) is 0 Å². The zero-order valence-corrected chi connectivity index (χ0v) is 13.2. The summed E-state index contributed by atoms with van der Waals surface area (Å²) in [5, 5.41) is 14.8. The fraction of sp³-hybridized carbons (Fsp3) is 0.588. The van der Waals surface area contributed by atoms with E-state index in [-0.39, 0.29) is 12.6 Å². The predicted molar refractivity (Wildman–Crippen MR) is 87.8 cm³/mol. The number of likely N-dealkylation sites (tertiary alicyclic amines) is 1. The van der Waals surface area contributed by atoms with Gasteiger partial charge in [0.25, 0.3) is 0 Å². The number of aliphatic hydroxyl groups excluding tert-OH is 1. The number of carbonyl (C=O) groups is 1. The maximum Gasteiger partial charge on any atom is 0.314 e. The van der Waals surface area contributed by atoms with Gasteiger partial charge in [-0.2, -0.15) is 0 Å². The van der Waals surface area contributed by atoms with Gasteiger partial charge in [-0.15, -0.1) is 0 Å². The molecule has 0 spiro atoms. The molecule has 3 N–H and O–H groups in total. The van der Waals surface area contributed by atoms with Crippen LogP contribution in [0.4, 0.5) is 4.79 Å². The van der Waals surface area contributed by atoms with E-state index in [0.717, 1.165) is 37.2 Å². The van der Waals surface area contributed by atoms with Crippen LogP contribution in [0.1, 0.15) is 30.4 Å². The molecule has 0 atom stereocenters. The number of piperidine rings is 1. The van der Waals surface area contributed by atoms with Crippen molar-refractivity contribution in [1.82, 2.24) is 15.5 Å². The minimum absolute atomic E-state index is 0.0674. The van der Waals surface area contributed by atoms with Crippen molar-refractivity contribution in [3.8, 4) is 0 Å². The van der Waals surface area contributed by atoms with Crippen molar-refractivity contribution in [3.63, 3.8) is 0 Å². The van der Waals surface area contributed by atoms with Gasteiger partial charge in [-0.25, -0.2) is 4.79 Å². The van der Waals surface area contributed by atoms with Crippen LogP contribution in [0.5, 0.6) is 0 Å². The van der Waals surface area contributed by atoms with Gasteiger partial charge in [-0.05, 0) is 43.5 Å². The summed E-state index contributed by atoms with van der Waals surface area (Å²) in [6.07, 6.45) is 4.69. The molecule has 1 heterocycles. The topological polar surface area (TPSA) is 64.6 Å². The van der Waals surface area contributed by atoms with E-state index >= 15 is 0 Å². The van der Waals surface area contributed by atoms with Crippen LogP contribution in [0.2, 0.25) is 0 Å². The normalized spacial score (nSPS) is 15.5. The number of aliphatic hydroxyl groups is 1. The molecule has 0 saturated carbocycles. The molecular formula is C17H27N3O2. The van der Waals surface area contributed by atoms with Gasteiger partial charge in [-0.1, -0.05) is 30.7 Å². The third kappa shape index (κ3) is 6.03. The number of nitrogens with one attached hydrogen (secondary N) is 2. The molecule has 5 nitrogen and oxygen atoms in total. The second kappa shape index (κ2) is 9.43. The highest BCUT2D eigenvalue weighted by Crippen LogP contribution is 2.07. The summed E-state index contributed by atoms with van der Waals surface area (Å²) in [6.45, 7) is 4.65. The maximum atomic E-state index is 11.7. The van der Waals surface area contributed by atoms with Crippen molar-refractivity contribution >= 4 is 6.03 Å². The van der Waals surface area contributed by atoms with E-state index in [2.05, 4.69) is 15.5 Å². The molecule has 0 unspecified atom stereocenters. The van der Waals surface area contributed by atoms with E-state index < -0.39 is 0 Å². The van der Waals surface area contributed by atoms with Gasteiger partial charge in [0.1, 0.15) is 0 Å². The highest BCUT2D eigenvalue weighted by molar-refractivity contribution is 5.73. The van der Waals surface area contributed by atoms with Crippen LogP contribution < -0.4 is 10.6 Å². The Hall–Kier alpha value is -1.59. The van der Waals surface area contributed by atoms with Crippen LogP contribution in [0, 0.1) is 0 Å². The zero-order valence-electron chi connectivity index (χ0n) is 13.2. The molecule has 5 heteroatoms. The van der Waals surface area contributed by atoms with Crippen LogP contribution in [-0.4, -0.2) is 48.8 Å². The summed E-state index contributed by atoms with van der Waals surface area (Å²) in [4.78, 5) is 14.1. The minimum Gasteiger partial charge on any atom is -0.392 e. The Morgan fingerprint density at radius 1 is 1.00 bits per heavy atom. The van der Waals surface area contributed by atoms with Crippen molar-refractivity contribution in [2.45, 2.75) is 32.3 Å². The second-order valence-electron chi connectivity index (χ2n) is 5.81. The summed E-state index contributed by atoms with van der Waals surface area (Å²) >= 11 is 0. The Balaban J connectivity index is 1.55. The summed E-state index contributed by atoms with van der Waals surface area (Å²) < 4.78 is 0. The molecule has 1 saturated heterocycles. The average molecular weight is 305 g/mol. The standard InChI is InChI=1S/C17H27N3O2/c21-14-16-6-4-15(5-7-16)8-9-18-17(22)19-10-13-20-11-2-1-3-12-20/h4-7,21H,1-3,8-14H2,(H2,18,19,22). The molecule has 1 aliphatic heterocycles. The fourth-order valence-electron chi connectivity index (χ4n) is 2.70. The van der Waals surface area contributed by atoms with E-state index in [0.29, 0.717) is 13.1 Å². The van der Waals surface area contributed by atoms with E-state index in [1.54, 1.807) is 0 Å². The minimum atomic E-state index is -0.0935. The van der Waals surface area contributed by atoms with Crippen molar-refractivity contribution in [2.24, 2.45) is 0 Å². The van der Waals surface area contributed by atoms with Crippen LogP contribution >= 0.6 is 0 Å². The van der Waals surface area contributed by atoms with Crippen molar-refractivity contribution in [2.75, 3.05) is 32.7 Å². The molecule has 0 aliphatic carbocycles. The number of urea groups is 1. The highest BCUT2D eigenvalue weighted by atomic mass is 16.3. The largest absolute Gasteiger partial charge is 0.392 e. The Morgan fingerprint density at radius 2 is 1.64 bits per heavy atom. The third-order valence-corrected chi connectivity index (χ3v) is 4.07. The lowest BCUT2D eigenvalue weighted by molar-refractivity contribution is 0.220. The summed E-state index contributed by atoms with van der Waals surface area (Å²) in [5.41, 5.74) is 2.07. The molecule has 1 aromatic rings. The summed E-state index contributed by atoms with van der Waals surface area (Å²) in [5.74, 6) is 0. The third-order valence-electron chi connectivity index (χ3n) is 4.07. The summed E-state index contributed by atoms with van der Waals surface area (Å²) in [6, 6.07) is 7.70. The molecule has 1 aromatic carbocycles. The Labute approximate surface area is 132 Å². The number of nitrogens with zero attached hydrogens (tertiary/aromatic N) is 1. The number of hydrogen-bond donors (Lipinski definition) is 3. The smallest absolute Gasteiger partial charge is 0.314 e. The number of benzene rings is 1. The van der Waals surface area contributed by atoms with E-state index in [4.69, 9.17) is 5.11 Å². The van der Waals surface area contributed by atoms with Gasteiger partial charge in [-0.3, -0.25) is 0 Å². The molecule has 122 valence electrons. The molecule has 0 aromatic heterocycles. The van der Waals surface area contributed by atoms with Gasteiger partial charge in [0.05, 0.1) is 6.61 Å².